The van der Waals surface area contributed by atoms with Crippen molar-refractivity contribution in [3.8, 4) is 0 Å². The fraction of sp³-hybridized carbons (Fsp3) is 0.438. The summed E-state index contributed by atoms with van der Waals surface area (Å²) in [5.74, 6) is 0.358. The van der Waals surface area contributed by atoms with Crippen molar-refractivity contribution in [1.82, 2.24) is 0 Å². The first-order chi connectivity index (χ1) is 9.28. The van der Waals surface area contributed by atoms with E-state index in [-0.39, 0.29) is 11.6 Å². The molecule has 19 heavy (non-hydrogen) atoms. The lowest BCUT2D eigenvalue weighted by Crippen LogP contribution is -2.62. The largest absolute Gasteiger partial charge is 0.449 e. The molecule has 100 valence electrons. The third kappa shape index (κ3) is 1.84. The minimum absolute atomic E-state index is 0.246. The Morgan fingerprint density at radius 2 is 2.11 bits per heavy atom. The van der Waals surface area contributed by atoms with Crippen molar-refractivity contribution < 1.29 is 9.53 Å². The molecule has 1 aromatic carbocycles. The highest BCUT2D eigenvalue weighted by molar-refractivity contribution is 5.91. The second-order valence-corrected chi connectivity index (χ2v) is 5.39. The SMILES string of the molecule is C=C[C@]12CCCC[C@H]1COC(=O)N2c1ccccc1. The van der Waals surface area contributed by atoms with E-state index in [0.717, 1.165) is 24.9 Å². The van der Waals surface area contributed by atoms with E-state index in [2.05, 4.69) is 6.58 Å². The molecule has 1 aliphatic heterocycles. The van der Waals surface area contributed by atoms with E-state index in [1.54, 1.807) is 0 Å². The minimum Gasteiger partial charge on any atom is -0.449 e. The van der Waals surface area contributed by atoms with Gasteiger partial charge in [0.05, 0.1) is 12.1 Å². The minimum atomic E-state index is -0.269. The van der Waals surface area contributed by atoms with Gasteiger partial charge in [-0.2, -0.15) is 0 Å². The number of anilines is 1. The zero-order valence-electron chi connectivity index (χ0n) is 11.0. The van der Waals surface area contributed by atoms with Crippen molar-refractivity contribution in [3.05, 3.63) is 43.0 Å². The van der Waals surface area contributed by atoms with Crippen LogP contribution in [0.4, 0.5) is 10.5 Å². The number of nitrogens with zero attached hydrogens (tertiary/aromatic N) is 1. The maximum Gasteiger partial charge on any atom is 0.415 e. The molecule has 2 atom stereocenters. The highest BCUT2D eigenvalue weighted by Crippen LogP contribution is 2.44. The fourth-order valence-electron chi connectivity index (χ4n) is 3.46. The van der Waals surface area contributed by atoms with Crippen LogP contribution in [-0.2, 0) is 4.74 Å². The standard InChI is InChI=1S/C16H19NO2/c1-2-16-11-7-6-8-13(16)12-19-15(18)17(16)14-9-4-3-5-10-14/h2-5,9-10,13H,1,6-8,11-12H2/t13-,16-/m0/s1. The monoisotopic (exact) mass is 257 g/mol. The Bertz CT molecular complexity index is 485. The van der Waals surface area contributed by atoms with Crippen molar-refractivity contribution in [2.75, 3.05) is 11.5 Å². The van der Waals surface area contributed by atoms with Crippen molar-refractivity contribution in [1.29, 1.82) is 0 Å². The van der Waals surface area contributed by atoms with Gasteiger partial charge in [-0.15, -0.1) is 6.58 Å². The smallest absolute Gasteiger partial charge is 0.415 e. The van der Waals surface area contributed by atoms with Crippen molar-refractivity contribution in [3.63, 3.8) is 0 Å². The molecule has 0 bridgehead atoms. The summed E-state index contributed by atoms with van der Waals surface area (Å²) in [6.45, 7) is 4.54. The molecular formula is C16H19NO2. The summed E-state index contributed by atoms with van der Waals surface area (Å²) in [7, 11) is 0. The third-order valence-electron chi connectivity index (χ3n) is 4.46. The number of amides is 1. The lowest BCUT2D eigenvalue weighted by atomic mass is 9.71. The Morgan fingerprint density at radius 1 is 1.32 bits per heavy atom. The summed E-state index contributed by atoms with van der Waals surface area (Å²) in [4.78, 5) is 14.1. The molecule has 3 rings (SSSR count). The van der Waals surface area contributed by atoms with E-state index in [4.69, 9.17) is 4.74 Å². The second kappa shape index (κ2) is 4.72. The average molecular weight is 257 g/mol. The first-order valence-corrected chi connectivity index (χ1v) is 6.93. The number of hydrogen-bond acceptors (Lipinski definition) is 2. The van der Waals surface area contributed by atoms with E-state index in [0.29, 0.717) is 12.5 Å². The Labute approximate surface area is 113 Å². The molecule has 1 aromatic rings. The number of ether oxygens (including phenoxy) is 1. The molecular weight excluding hydrogens is 238 g/mol. The van der Waals surface area contributed by atoms with Crippen molar-refractivity contribution in [2.24, 2.45) is 5.92 Å². The number of rotatable bonds is 2. The van der Waals surface area contributed by atoms with Crippen LogP contribution in [0, 0.1) is 5.92 Å². The first kappa shape index (κ1) is 12.3. The van der Waals surface area contributed by atoms with E-state index in [1.807, 2.05) is 41.3 Å². The van der Waals surface area contributed by atoms with Crippen LogP contribution < -0.4 is 4.90 Å². The zero-order valence-corrected chi connectivity index (χ0v) is 11.0. The molecule has 0 aromatic heterocycles. The van der Waals surface area contributed by atoms with Gasteiger partial charge in [0, 0.05) is 11.6 Å². The maximum absolute atomic E-state index is 12.3. The highest BCUT2D eigenvalue weighted by Gasteiger charge is 2.50. The number of benzene rings is 1. The van der Waals surface area contributed by atoms with Gasteiger partial charge in [-0.1, -0.05) is 37.1 Å². The van der Waals surface area contributed by atoms with Crippen LogP contribution in [0.5, 0.6) is 0 Å². The molecule has 1 aliphatic carbocycles. The highest BCUT2D eigenvalue weighted by atomic mass is 16.6. The zero-order chi connectivity index (χ0) is 13.3. The summed E-state index contributed by atoms with van der Waals surface area (Å²) >= 11 is 0. The molecule has 3 heteroatoms. The number of cyclic esters (lactones) is 1. The summed E-state index contributed by atoms with van der Waals surface area (Å²) in [5.41, 5.74) is 0.633. The lowest BCUT2D eigenvalue weighted by Gasteiger charge is -2.51. The molecule has 2 aliphatic rings. The molecule has 0 radical (unpaired) electrons. The van der Waals surface area contributed by atoms with Crippen LogP contribution in [0.1, 0.15) is 25.7 Å². The molecule has 1 amide bonds. The molecule has 1 heterocycles. The number of hydrogen-bond donors (Lipinski definition) is 0. The summed E-state index contributed by atoms with van der Waals surface area (Å²) < 4.78 is 5.38. The van der Waals surface area contributed by atoms with Gasteiger partial charge in [0.1, 0.15) is 0 Å². The number of para-hydroxylation sites is 1. The van der Waals surface area contributed by atoms with Crippen LogP contribution in [0.25, 0.3) is 0 Å². The Balaban J connectivity index is 2.07. The van der Waals surface area contributed by atoms with E-state index in [9.17, 15) is 4.79 Å². The van der Waals surface area contributed by atoms with Crippen LogP contribution in [0.3, 0.4) is 0 Å². The van der Waals surface area contributed by atoms with E-state index >= 15 is 0 Å². The summed E-state index contributed by atoms with van der Waals surface area (Å²) in [6, 6.07) is 9.78. The van der Waals surface area contributed by atoms with Crippen molar-refractivity contribution >= 4 is 11.8 Å². The Hall–Kier alpha value is -1.77. The first-order valence-electron chi connectivity index (χ1n) is 6.93. The predicted octanol–water partition coefficient (Wildman–Crippen LogP) is 3.76. The van der Waals surface area contributed by atoms with Gasteiger partial charge < -0.3 is 4.74 Å². The van der Waals surface area contributed by atoms with Gasteiger partial charge in [-0.05, 0) is 25.0 Å². The van der Waals surface area contributed by atoms with Crippen LogP contribution in [0.15, 0.2) is 43.0 Å². The van der Waals surface area contributed by atoms with E-state index < -0.39 is 0 Å². The van der Waals surface area contributed by atoms with E-state index in [1.165, 1.54) is 6.42 Å². The van der Waals surface area contributed by atoms with Crippen LogP contribution in [0.2, 0.25) is 0 Å². The summed E-state index contributed by atoms with van der Waals surface area (Å²) in [6.07, 6.45) is 6.14. The number of fused-ring (bicyclic) bond motifs is 1. The van der Waals surface area contributed by atoms with Gasteiger partial charge in [-0.25, -0.2) is 4.79 Å². The molecule has 0 N–H and O–H groups in total. The topological polar surface area (TPSA) is 29.5 Å². The Morgan fingerprint density at radius 3 is 2.84 bits per heavy atom. The number of carbonyl (C=O) groups is 1. The lowest BCUT2D eigenvalue weighted by molar-refractivity contribution is 0.0576. The molecule has 1 saturated carbocycles. The van der Waals surface area contributed by atoms with Crippen LogP contribution >= 0.6 is 0 Å². The van der Waals surface area contributed by atoms with Gasteiger partial charge >= 0.3 is 6.09 Å². The maximum atomic E-state index is 12.3. The summed E-state index contributed by atoms with van der Waals surface area (Å²) in [5, 5.41) is 0. The fourth-order valence-corrected chi connectivity index (χ4v) is 3.46. The molecule has 0 unspecified atom stereocenters. The molecule has 1 saturated heterocycles. The molecule has 0 spiro atoms. The van der Waals surface area contributed by atoms with Crippen LogP contribution in [-0.4, -0.2) is 18.2 Å². The normalized spacial score (nSPS) is 30.4. The Kier molecular flexibility index (Phi) is 3.05. The third-order valence-corrected chi connectivity index (χ3v) is 4.46. The predicted molar refractivity (Wildman–Crippen MR) is 75.2 cm³/mol. The van der Waals surface area contributed by atoms with Gasteiger partial charge in [0.15, 0.2) is 0 Å². The van der Waals surface area contributed by atoms with Gasteiger partial charge in [0.25, 0.3) is 0 Å². The second-order valence-electron chi connectivity index (χ2n) is 5.39. The van der Waals surface area contributed by atoms with Gasteiger partial charge in [0.2, 0.25) is 0 Å². The van der Waals surface area contributed by atoms with Gasteiger partial charge in [-0.3, -0.25) is 4.90 Å². The van der Waals surface area contributed by atoms with Crippen molar-refractivity contribution in [2.45, 2.75) is 31.2 Å². The molecule has 3 nitrogen and oxygen atoms in total. The number of carbonyl (C=O) groups excluding carboxylic acids is 1. The average Bonchev–Trinajstić information content (AvgIpc) is 2.47. The molecule has 2 fully saturated rings. The quantitative estimate of drug-likeness (QED) is 0.755.